The zero-order valence-electron chi connectivity index (χ0n) is 13.9. The first-order valence-corrected chi connectivity index (χ1v) is 9.34. The molecule has 0 unspecified atom stereocenters. The molecule has 0 spiro atoms. The van der Waals surface area contributed by atoms with Gasteiger partial charge in [0.25, 0.3) is 0 Å². The van der Waals surface area contributed by atoms with Crippen molar-refractivity contribution in [3.8, 4) is 0 Å². The van der Waals surface area contributed by atoms with Gasteiger partial charge in [-0.15, -0.1) is 0 Å². The first-order chi connectivity index (χ1) is 9.47. The summed E-state index contributed by atoms with van der Waals surface area (Å²) < 4.78 is 40.7. The third kappa shape index (κ3) is 11.8. The fourth-order valence-corrected chi connectivity index (χ4v) is 3.71. The molecular formula is C14H22Na2O4S2. The van der Waals surface area contributed by atoms with Gasteiger partial charge in [-0.2, -0.15) is 0 Å². The molecule has 0 aromatic carbocycles. The van der Waals surface area contributed by atoms with Gasteiger partial charge < -0.3 is 16.8 Å². The van der Waals surface area contributed by atoms with Crippen LogP contribution in [-0.4, -0.2) is 11.5 Å². The molecule has 4 atom stereocenters. The van der Waals surface area contributed by atoms with Crippen LogP contribution in [0.15, 0.2) is 24.3 Å². The number of hydrogen-bond acceptors (Lipinski definition) is 6. The van der Waals surface area contributed by atoms with Crippen molar-refractivity contribution in [2.24, 2.45) is 23.7 Å². The van der Waals surface area contributed by atoms with E-state index in [0.29, 0.717) is 35.2 Å². The molecule has 2 rings (SSSR count). The summed E-state index contributed by atoms with van der Waals surface area (Å²) in [7, 11) is -3.68. The summed E-state index contributed by atoms with van der Waals surface area (Å²) in [4.78, 5) is 0. The molecule has 22 heavy (non-hydrogen) atoms. The van der Waals surface area contributed by atoms with E-state index >= 15 is 0 Å². The van der Waals surface area contributed by atoms with E-state index in [0.717, 1.165) is 12.8 Å². The van der Waals surface area contributed by atoms with Crippen LogP contribution < -0.4 is 59.1 Å². The number of hydrogen-bond donors (Lipinski definition) is 0. The van der Waals surface area contributed by atoms with Crippen molar-refractivity contribution in [3.63, 3.8) is 0 Å². The van der Waals surface area contributed by atoms with Crippen molar-refractivity contribution in [1.82, 2.24) is 0 Å². The van der Waals surface area contributed by atoms with Gasteiger partial charge in [0.2, 0.25) is 0 Å². The predicted molar refractivity (Wildman–Crippen MR) is 80.0 cm³/mol. The van der Waals surface area contributed by atoms with E-state index in [1.807, 2.05) is 26.0 Å². The van der Waals surface area contributed by atoms with Gasteiger partial charge in [0, 0.05) is 0 Å². The first-order valence-electron chi connectivity index (χ1n) is 6.85. The second-order valence-corrected chi connectivity index (χ2v) is 7.19. The van der Waals surface area contributed by atoms with E-state index in [-0.39, 0.29) is 59.1 Å². The van der Waals surface area contributed by atoms with E-state index in [1.165, 1.54) is 0 Å². The smallest absolute Gasteiger partial charge is 0.424 e. The first kappa shape index (κ1) is 25.6. The fourth-order valence-electron chi connectivity index (χ4n) is 2.24. The maximum absolute atomic E-state index is 10.2. The molecule has 8 heteroatoms. The standard InChI is InChI=1S/2C7H11O2S.2Na/c2*1-2-3-6-4-7(6)5-10(8)9;;/h2*2-3,6-7H,4-5H2,1H3;;/q2*-1;2*+1/b2*3-2+;;/t2*6-,7+;;/m10../s1. The quantitative estimate of drug-likeness (QED) is 0.287. The fraction of sp³-hybridized carbons (Fsp3) is 0.714. The molecule has 2 fully saturated rings. The van der Waals surface area contributed by atoms with E-state index in [9.17, 15) is 16.8 Å². The van der Waals surface area contributed by atoms with Gasteiger partial charge in [0.15, 0.2) is 0 Å². The van der Waals surface area contributed by atoms with Gasteiger partial charge in [0.1, 0.15) is 0 Å². The van der Waals surface area contributed by atoms with Crippen LogP contribution in [-0.2, 0) is 38.2 Å². The summed E-state index contributed by atoms with van der Waals surface area (Å²) in [6.07, 6.45) is 10.2. The van der Waals surface area contributed by atoms with E-state index in [2.05, 4.69) is 12.2 Å². The Bertz CT molecular complexity index is 451. The van der Waals surface area contributed by atoms with Crippen molar-refractivity contribution in [2.75, 3.05) is 11.5 Å². The minimum absolute atomic E-state index is 0. The Morgan fingerprint density at radius 2 is 1.09 bits per heavy atom. The summed E-state index contributed by atoms with van der Waals surface area (Å²) >= 11 is 0. The van der Waals surface area contributed by atoms with E-state index < -0.39 is 21.4 Å². The summed E-state index contributed by atoms with van der Waals surface area (Å²) in [6, 6.07) is 0. The Hall–Kier alpha value is 1.38. The van der Waals surface area contributed by atoms with Gasteiger partial charge in [-0.3, -0.25) is 0 Å². The van der Waals surface area contributed by atoms with Crippen molar-refractivity contribution < 1.29 is 76.0 Å². The van der Waals surface area contributed by atoms with Crippen molar-refractivity contribution >= 4 is 21.4 Å². The molecular weight excluding hydrogens is 342 g/mol. The van der Waals surface area contributed by atoms with E-state index in [1.54, 1.807) is 0 Å². The van der Waals surface area contributed by atoms with Crippen molar-refractivity contribution in [2.45, 2.75) is 26.7 Å². The Morgan fingerprint density at radius 3 is 1.32 bits per heavy atom. The Kier molecular flexibility index (Phi) is 15.9. The molecule has 0 N–H and O–H groups in total. The predicted octanol–water partition coefficient (Wildman–Crippen LogP) is -2.98. The van der Waals surface area contributed by atoms with Gasteiger partial charge in [-0.1, -0.05) is 57.2 Å². The molecule has 0 aromatic rings. The minimum atomic E-state index is -1.84. The SMILES string of the molecule is C/C=C/[C@@H]1C[C@H]1C[S-](=O)=O.C/C=C/[C@H]1C[C@@H]1C[S-](=O)=O.[Na+].[Na+]. The normalized spacial score (nSPS) is 28.9. The average Bonchev–Trinajstić information content (AvgIpc) is 3.21. The molecule has 0 aliphatic heterocycles. The van der Waals surface area contributed by atoms with Crippen LogP contribution in [0.25, 0.3) is 0 Å². The van der Waals surface area contributed by atoms with Crippen LogP contribution in [0.3, 0.4) is 0 Å². The van der Waals surface area contributed by atoms with Crippen LogP contribution in [0, 0.1) is 23.7 Å². The zero-order chi connectivity index (χ0) is 15.1. The van der Waals surface area contributed by atoms with Crippen molar-refractivity contribution in [1.29, 1.82) is 0 Å². The maximum atomic E-state index is 10.2. The molecule has 116 valence electrons. The van der Waals surface area contributed by atoms with Crippen LogP contribution in [0.2, 0.25) is 0 Å². The molecule has 2 aliphatic rings. The number of allylic oxidation sites excluding steroid dienone is 4. The van der Waals surface area contributed by atoms with Crippen molar-refractivity contribution in [3.05, 3.63) is 24.3 Å². The second-order valence-electron chi connectivity index (χ2n) is 5.31. The molecule has 0 bridgehead atoms. The van der Waals surface area contributed by atoms with Crippen LogP contribution in [0.4, 0.5) is 0 Å². The molecule has 4 nitrogen and oxygen atoms in total. The molecule has 0 amide bonds. The van der Waals surface area contributed by atoms with Gasteiger partial charge in [-0.25, -0.2) is 0 Å². The summed E-state index contributed by atoms with van der Waals surface area (Å²) in [5.74, 6) is 2.60. The molecule has 2 aliphatic carbocycles. The third-order valence-electron chi connectivity index (χ3n) is 3.53. The monoisotopic (exact) mass is 364 g/mol. The van der Waals surface area contributed by atoms with Crippen LogP contribution >= 0.6 is 0 Å². The van der Waals surface area contributed by atoms with Crippen LogP contribution in [0.5, 0.6) is 0 Å². The largest absolute Gasteiger partial charge is 1.00 e. The Balaban J connectivity index is 0. The molecule has 0 aromatic heterocycles. The van der Waals surface area contributed by atoms with E-state index in [4.69, 9.17) is 0 Å². The average molecular weight is 364 g/mol. The number of rotatable bonds is 6. The Morgan fingerprint density at radius 1 is 0.773 bits per heavy atom. The molecule has 0 heterocycles. The van der Waals surface area contributed by atoms with Gasteiger partial charge in [0.05, 0.1) is 0 Å². The topological polar surface area (TPSA) is 68.3 Å². The minimum Gasteiger partial charge on any atom is -0.424 e. The summed E-state index contributed by atoms with van der Waals surface area (Å²) in [5, 5.41) is 0. The van der Waals surface area contributed by atoms with Crippen LogP contribution in [0.1, 0.15) is 26.7 Å². The Labute approximate surface area is 181 Å². The summed E-state index contributed by atoms with van der Waals surface area (Å²) in [6.45, 7) is 3.92. The third-order valence-corrected chi connectivity index (χ3v) is 4.93. The molecule has 0 saturated heterocycles. The summed E-state index contributed by atoms with van der Waals surface area (Å²) in [5.41, 5.74) is 0. The van der Waals surface area contributed by atoms with Gasteiger partial charge >= 0.3 is 59.1 Å². The molecule has 0 radical (unpaired) electrons. The second kappa shape index (κ2) is 13.6. The molecule has 2 saturated carbocycles. The zero-order valence-corrected chi connectivity index (χ0v) is 19.5. The maximum Gasteiger partial charge on any atom is 1.00 e. The van der Waals surface area contributed by atoms with Gasteiger partial charge in [-0.05, 0) is 50.4 Å².